The molecule has 0 aliphatic rings. The molecule has 0 heterocycles. The van der Waals surface area contributed by atoms with E-state index in [4.69, 9.17) is 0 Å². The second-order valence-electron chi connectivity index (χ2n) is 6.35. The number of hydrogen-bond donors (Lipinski definition) is 4. The third kappa shape index (κ3) is 5.93. The highest BCUT2D eigenvalue weighted by atomic mass is 16.2. The third-order valence-electron chi connectivity index (χ3n) is 4.13. The number of rotatable bonds is 6. The first-order chi connectivity index (χ1) is 12.9. The van der Waals surface area contributed by atoms with E-state index in [9.17, 15) is 14.4 Å². The van der Waals surface area contributed by atoms with E-state index in [1.54, 1.807) is 19.2 Å². The number of likely N-dealkylation sites (N-methyl/N-ethyl adjacent to an activating group) is 1. The lowest BCUT2D eigenvalue weighted by Crippen LogP contribution is -3.11. The van der Waals surface area contributed by atoms with Crippen LogP contribution in [0, 0.1) is 6.92 Å². The van der Waals surface area contributed by atoms with Crippen LogP contribution in [0.4, 0.5) is 10.5 Å². The van der Waals surface area contributed by atoms with Crippen LogP contribution >= 0.6 is 0 Å². The summed E-state index contributed by atoms with van der Waals surface area (Å²) in [5.74, 6) is -0.689. The third-order valence-corrected chi connectivity index (χ3v) is 4.13. The summed E-state index contributed by atoms with van der Waals surface area (Å²) in [7, 11) is 3.18. The Morgan fingerprint density at radius 2 is 1.63 bits per heavy atom. The molecule has 2 aromatic carbocycles. The highest BCUT2D eigenvalue weighted by molar-refractivity contribution is 5.97. The van der Waals surface area contributed by atoms with Crippen molar-refractivity contribution in [2.45, 2.75) is 13.0 Å². The fourth-order valence-corrected chi connectivity index (χ4v) is 2.75. The lowest BCUT2D eigenvalue weighted by Gasteiger charge is -2.24. The van der Waals surface area contributed by atoms with Gasteiger partial charge in [0.05, 0.1) is 7.05 Å². The number of carbonyl (C=O) groups excluding carboxylic acids is 3. The fourth-order valence-electron chi connectivity index (χ4n) is 2.75. The number of carbonyl (C=O) groups is 3. The van der Waals surface area contributed by atoms with Gasteiger partial charge in [-0.05, 0) is 19.1 Å². The molecule has 7 heteroatoms. The summed E-state index contributed by atoms with van der Waals surface area (Å²) >= 11 is 0. The van der Waals surface area contributed by atoms with Crippen LogP contribution in [0.3, 0.4) is 0 Å². The lowest BCUT2D eigenvalue weighted by atomic mass is 10.0. The van der Waals surface area contributed by atoms with Gasteiger partial charge in [-0.1, -0.05) is 48.0 Å². The van der Waals surface area contributed by atoms with E-state index in [-0.39, 0.29) is 12.5 Å². The van der Waals surface area contributed by atoms with Gasteiger partial charge < -0.3 is 15.5 Å². The molecule has 0 aromatic heterocycles. The normalized spacial score (nSPS) is 12.6. The molecule has 1 unspecified atom stereocenters. The Balaban J connectivity index is 2.11. The van der Waals surface area contributed by atoms with Crippen molar-refractivity contribution in [2.75, 3.05) is 26.0 Å². The van der Waals surface area contributed by atoms with E-state index < -0.39 is 18.0 Å². The topological polar surface area (TPSA) is 91.7 Å². The number of benzene rings is 2. The number of aryl methyl sites for hydroxylation is 1. The van der Waals surface area contributed by atoms with Gasteiger partial charge in [0.1, 0.15) is 0 Å². The Kier molecular flexibility index (Phi) is 7.08. The molecule has 2 rings (SSSR count). The van der Waals surface area contributed by atoms with E-state index >= 15 is 0 Å². The van der Waals surface area contributed by atoms with Crippen LogP contribution in [0.25, 0.3) is 0 Å². The Labute approximate surface area is 158 Å². The van der Waals surface area contributed by atoms with E-state index in [0.717, 1.165) is 11.1 Å². The van der Waals surface area contributed by atoms with E-state index in [1.165, 1.54) is 7.05 Å². The molecule has 2 aromatic rings. The van der Waals surface area contributed by atoms with Crippen molar-refractivity contribution < 1.29 is 19.3 Å². The highest BCUT2D eigenvalue weighted by Crippen LogP contribution is 2.10. The number of hydrogen-bond acceptors (Lipinski definition) is 3. The van der Waals surface area contributed by atoms with E-state index in [0.29, 0.717) is 10.6 Å². The van der Waals surface area contributed by atoms with Gasteiger partial charge in [-0.2, -0.15) is 0 Å². The Morgan fingerprint density at radius 1 is 1.00 bits per heavy atom. The van der Waals surface area contributed by atoms with Gasteiger partial charge in [-0.25, -0.2) is 4.79 Å². The van der Waals surface area contributed by atoms with Crippen molar-refractivity contribution in [3.05, 3.63) is 65.7 Å². The average Bonchev–Trinajstić information content (AvgIpc) is 2.64. The molecule has 4 amide bonds. The van der Waals surface area contributed by atoms with Crippen LogP contribution in [0.15, 0.2) is 54.6 Å². The maximum absolute atomic E-state index is 12.6. The molecule has 0 saturated carbocycles. The monoisotopic (exact) mass is 369 g/mol. The Morgan fingerprint density at radius 3 is 2.22 bits per heavy atom. The number of amides is 4. The van der Waals surface area contributed by atoms with Gasteiger partial charge in [-0.15, -0.1) is 0 Å². The maximum Gasteiger partial charge on any atom is 0.321 e. The van der Waals surface area contributed by atoms with Gasteiger partial charge in [0.2, 0.25) is 0 Å². The molecular weight excluding hydrogens is 344 g/mol. The second kappa shape index (κ2) is 9.49. The van der Waals surface area contributed by atoms with Gasteiger partial charge >= 0.3 is 6.03 Å². The van der Waals surface area contributed by atoms with Crippen molar-refractivity contribution in [3.63, 3.8) is 0 Å². The standard InChI is InChI=1S/C20H24N4O3/c1-14-9-11-16(12-10-14)22-17(25)13-24(3)18(15-7-5-4-6-8-15)19(26)23-20(27)21-2/h4-12,18H,13H2,1-3H3,(H,22,25)(H2,21,23,26,27)/p+1/t18-/m0/s1. The average molecular weight is 369 g/mol. The highest BCUT2D eigenvalue weighted by Gasteiger charge is 2.31. The maximum atomic E-state index is 12.6. The van der Waals surface area contributed by atoms with E-state index in [2.05, 4.69) is 16.0 Å². The molecule has 4 N–H and O–H groups in total. The zero-order chi connectivity index (χ0) is 19.8. The molecule has 0 saturated heterocycles. The van der Waals surface area contributed by atoms with Crippen molar-refractivity contribution in [2.24, 2.45) is 0 Å². The summed E-state index contributed by atoms with van der Waals surface area (Å²) in [5.41, 5.74) is 2.52. The zero-order valence-corrected chi connectivity index (χ0v) is 15.7. The SMILES string of the molecule is CNC(=O)NC(=O)[C@H](c1ccccc1)[NH+](C)CC(=O)Nc1ccc(C)cc1. The molecular formula is C20H25N4O3+. The second-order valence-corrected chi connectivity index (χ2v) is 6.35. The number of imide groups is 1. The molecule has 0 radical (unpaired) electrons. The molecule has 0 spiro atoms. The first-order valence-electron chi connectivity index (χ1n) is 8.67. The van der Waals surface area contributed by atoms with Crippen LogP contribution in [-0.2, 0) is 9.59 Å². The molecule has 2 atom stereocenters. The molecule has 0 fully saturated rings. The van der Waals surface area contributed by atoms with Crippen LogP contribution in [0.2, 0.25) is 0 Å². The summed E-state index contributed by atoms with van der Waals surface area (Å²) in [4.78, 5) is 37.2. The van der Waals surface area contributed by atoms with Crippen molar-refractivity contribution in [1.29, 1.82) is 0 Å². The molecule has 0 aliphatic carbocycles. The van der Waals surface area contributed by atoms with Gasteiger partial charge in [-0.3, -0.25) is 14.9 Å². The lowest BCUT2D eigenvalue weighted by molar-refractivity contribution is -0.894. The fraction of sp³-hybridized carbons (Fsp3) is 0.250. The molecule has 0 aliphatic heterocycles. The summed E-state index contributed by atoms with van der Waals surface area (Å²) in [5, 5.41) is 7.48. The summed E-state index contributed by atoms with van der Waals surface area (Å²) < 4.78 is 0. The largest absolute Gasteiger partial charge is 0.341 e. The Hall–Kier alpha value is -3.19. The summed E-state index contributed by atoms with van der Waals surface area (Å²) in [6, 6.07) is 15.3. The number of nitrogens with one attached hydrogen (secondary N) is 4. The first kappa shape index (κ1) is 20.1. The minimum atomic E-state index is -0.702. The van der Waals surface area contributed by atoms with Gasteiger partial charge in [0, 0.05) is 18.3 Å². The predicted octanol–water partition coefficient (Wildman–Crippen LogP) is 0.645. The number of urea groups is 1. The van der Waals surface area contributed by atoms with Gasteiger partial charge in [0.15, 0.2) is 12.6 Å². The summed E-state index contributed by atoms with van der Waals surface area (Å²) in [6.45, 7) is 2.04. The van der Waals surface area contributed by atoms with Crippen LogP contribution in [-0.4, -0.2) is 38.5 Å². The molecule has 7 nitrogen and oxygen atoms in total. The van der Waals surface area contributed by atoms with Crippen molar-refractivity contribution in [1.82, 2.24) is 10.6 Å². The minimum Gasteiger partial charge on any atom is -0.341 e. The number of quaternary nitrogens is 1. The number of anilines is 1. The van der Waals surface area contributed by atoms with Gasteiger partial charge in [0.25, 0.3) is 11.8 Å². The van der Waals surface area contributed by atoms with E-state index in [1.807, 2.05) is 49.4 Å². The van der Waals surface area contributed by atoms with Crippen molar-refractivity contribution in [3.8, 4) is 0 Å². The first-order valence-corrected chi connectivity index (χ1v) is 8.67. The molecule has 27 heavy (non-hydrogen) atoms. The zero-order valence-electron chi connectivity index (χ0n) is 15.7. The molecule has 0 bridgehead atoms. The van der Waals surface area contributed by atoms with Crippen molar-refractivity contribution >= 4 is 23.5 Å². The van der Waals surface area contributed by atoms with Crippen LogP contribution < -0.4 is 20.9 Å². The summed E-state index contributed by atoms with van der Waals surface area (Å²) in [6.07, 6.45) is 0. The van der Waals surface area contributed by atoms with Crippen LogP contribution in [0.5, 0.6) is 0 Å². The smallest absolute Gasteiger partial charge is 0.321 e. The quantitative estimate of drug-likeness (QED) is 0.602. The minimum absolute atomic E-state index is 0.0641. The Bertz CT molecular complexity index is 791. The predicted molar refractivity (Wildman–Crippen MR) is 103 cm³/mol. The molecule has 142 valence electrons. The van der Waals surface area contributed by atoms with Crippen LogP contribution in [0.1, 0.15) is 17.2 Å².